The Hall–Kier alpha value is -3.45. The molecule has 0 radical (unpaired) electrons. The number of aromatic nitrogens is 1. The molecule has 6 nitrogen and oxygen atoms in total. The standard InChI is InChI=1S/C25H21BrN2O4/c1-15(2)32-19-12-8-17(9-13-19)23(29)21-22(16-6-10-18(26)11-7-16)28(25(31)24(21)30)20-5-3-4-14-27-20/h3-15,22,29H,1-2H3/b23-21+/t22-/m1/s1. The number of ether oxygens (including phenoxy) is 1. The van der Waals surface area contributed by atoms with Crippen LogP contribution in [-0.2, 0) is 9.59 Å². The fraction of sp³-hybridized carbons (Fsp3) is 0.160. The van der Waals surface area contributed by atoms with Crippen LogP contribution in [0.1, 0.15) is 31.0 Å². The molecule has 162 valence electrons. The minimum atomic E-state index is -0.815. The van der Waals surface area contributed by atoms with Crippen LogP contribution < -0.4 is 9.64 Å². The molecule has 0 aliphatic carbocycles. The van der Waals surface area contributed by atoms with Crippen LogP contribution in [0.25, 0.3) is 5.76 Å². The lowest BCUT2D eigenvalue weighted by Crippen LogP contribution is -2.30. The number of carbonyl (C=O) groups excluding carboxylic acids is 2. The fourth-order valence-corrected chi connectivity index (χ4v) is 3.91. The molecule has 0 unspecified atom stereocenters. The van der Waals surface area contributed by atoms with E-state index in [2.05, 4.69) is 20.9 Å². The molecule has 1 N–H and O–H groups in total. The lowest BCUT2D eigenvalue weighted by molar-refractivity contribution is -0.132. The van der Waals surface area contributed by atoms with Gasteiger partial charge in [0.2, 0.25) is 0 Å². The monoisotopic (exact) mass is 492 g/mol. The molecule has 0 bridgehead atoms. The minimum absolute atomic E-state index is 0.00977. The SMILES string of the molecule is CC(C)Oc1ccc(/C(O)=C2\C(=O)C(=O)N(c3ccccn3)[C@@H]2c2ccc(Br)cc2)cc1. The van der Waals surface area contributed by atoms with Gasteiger partial charge in [0.25, 0.3) is 5.78 Å². The van der Waals surface area contributed by atoms with Crippen molar-refractivity contribution >= 4 is 39.2 Å². The van der Waals surface area contributed by atoms with Crippen LogP contribution in [0.15, 0.2) is 83.0 Å². The van der Waals surface area contributed by atoms with E-state index in [0.29, 0.717) is 22.7 Å². The number of hydrogen-bond acceptors (Lipinski definition) is 5. The van der Waals surface area contributed by atoms with Gasteiger partial charge >= 0.3 is 5.91 Å². The van der Waals surface area contributed by atoms with E-state index in [1.54, 1.807) is 48.7 Å². The van der Waals surface area contributed by atoms with Crippen molar-refractivity contribution in [3.8, 4) is 5.75 Å². The third-order valence-electron chi connectivity index (χ3n) is 5.03. The van der Waals surface area contributed by atoms with Gasteiger partial charge in [-0.1, -0.05) is 34.1 Å². The first kappa shape index (κ1) is 21.8. The van der Waals surface area contributed by atoms with Crippen LogP contribution in [0.4, 0.5) is 5.82 Å². The molecule has 1 saturated heterocycles. The molecule has 1 atom stereocenters. The number of anilines is 1. The van der Waals surface area contributed by atoms with Crippen LogP contribution in [0.5, 0.6) is 5.75 Å². The molecular weight excluding hydrogens is 472 g/mol. The van der Waals surface area contributed by atoms with Crippen LogP contribution in [0.2, 0.25) is 0 Å². The molecule has 1 amide bonds. The molecule has 4 rings (SSSR count). The third-order valence-corrected chi connectivity index (χ3v) is 5.55. The number of Topliss-reactive ketones (excluding diaryl/α,β-unsaturated/α-hetero) is 1. The Morgan fingerprint density at radius 2 is 1.72 bits per heavy atom. The molecule has 1 fully saturated rings. The van der Waals surface area contributed by atoms with E-state index in [-0.39, 0.29) is 17.4 Å². The second-order valence-electron chi connectivity index (χ2n) is 7.60. The number of nitrogens with zero attached hydrogens (tertiary/aromatic N) is 2. The maximum Gasteiger partial charge on any atom is 0.301 e. The third kappa shape index (κ3) is 4.16. The lowest BCUT2D eigenvalue weighted by atomic mass is 9.95. The van der Waals surface area contributed by atoms with Crippen molar-refractivity contribution in [3.63, 3.8) is 0 Å². The van der Waals surface area contributed by atoms with Crippen molar-refractivity contribution in [1.82, 2.24) is 4.98 Å². The average Bonchev–Trinajstić information content (AvgIpc) is 3.05. The van der Waals surface area contributed by atoms with Crippen molar-refractivity contribution in [3.05, 3.63) is 94.1 Å². The molecule has 0 spiro atoms. The van der Waals surface area contributed by atoms with Crippen molar-refractivity contribution in [1.29, 1.82) is 0 Å². The van der Waals surface area contributed by atoms with E-state index >= 15 is 0 Å². The number of rotatable bonds is 5. The van der Waals surface area contributed by atoms with Crippen molar-refractivity contribution in [2.75, 3.05) is 4.90 Å². The zero-order chi connectivity index (χ0) is 22.8. The number of carbonyl (C=O) groups is 2. The van der Waals surface area contributed by atoms with Gasteiger partial charge in [0.1, 0.15) is 17.3 Å². The number of halogens is 1. The summed E-state index contributed by atoms with van der Waals surface area (Å²) in [5.41, 5.74) is 1.11. The predicted molar refractivity (Wildman–Crippen MR) is 125 cm³/mol. The predicted octanol–water partition coefficient (Wildman–Crippen LogP) is 5.26. The Bertz CT molecular complexity index is 1170. The first-order chi connectivity index (χ1) is 15.4. The normalized spacial score (nSPS) is 17.8. The zero-order valence-corrected chi connectivity index (χ0v) is 19.1. The van der Waals surface area contributed by atoms with E-state index in [0.717, 1.165) is 4.47 Å². The molecule has 3 aromatic rings. The average molecular weight is 493 g/mol. The van der Waals surface area contributed by atoms with E-state index in [9.17, 15) is 14.7 Å². The smallest absolute Gasteiger partial charge is 0.301 e. The van der Waals surface area contributed by atoms with Gasteiger partial charge in [-0.3, -0.25) is 14.5 Å². The molecule has 1 aliphatic rings. The van der Waals surface area contributed by atoms with E-state index in [4.69, 9.17) is 4.74 Å². The van der Waals surface area contributed by atoms with Gasteiger partial charge in [-0.25, -0.2) is 4.98 Å². The quantitative estimate of drug-likeness (QED) is 0.298. The molecule has 1 aromatic heterocycles. The summed E-state index contributed by atoms with van der Waals surface area (Å²) in [5, 5.41) is 11.1. The highest BCUT2D eigenvalue weighted by molar-refractivity contribution is 9.10. The minimum Gasteiger partial charge on any atom is -0.507 e. The summed E-state index contributed by atoms with van der Waals surface area (Å²) in [7, 11) is 0. The van der Waals surface area contributed by atoms with Gasteiger partial charge in [0.15, 0.2) is 0 Å². The number of hydrogen-bond donors (Lipinski definition) is 1. The number of ketones is 1. The second kappa shape index (κ2) is 8.96. The van der Waals surface area contributed by atoms with Crippen molar-refractivity contribution in [2.45, 2.75) is 26.0 Å². The van der Waals surface area contributed by atoms with Gasteiger partial charge < -0.3 is 9.84 Å². The number of aliphatic hydroxyl groups excluding tert-OH is 1. The highest BCUT2D eigenvalue weighted by Gasteiger charge is 2.47. The first-order valence-electron chi connectivity index (χ1n) is 10.1. The molecule has 2 heterocycles. The van der Waals surface area contributed by atoms with Gasteiger partial charge in [0.05, 0.1) is 17.7 Å². The van der Waals surface area contributed by atoms with Gasteiger partial charge in [0, 0.05) is 16.2 Å². The number of aliphatic hydroxyl groups is 1. The largest absolute Gasteiger partial charge is 0.507 e. The Labute approximate surface area is 194 Å². The zero-order valence-electron chi connectivity index (χ0n) is 17.5. The lowest BCUT2D eigenvalue weighted by Gasteiger charge is -2.24. The van der Waals surface area contributed by atoms with E-state index in [1.165, 1.54) is 4.90 Å². The molecule has 1 aliphatic heterocycles. The molecule has 7 heteroatoms. The van der Waals surface area contributed by atoms with Gasteiger partial charge in [-0.15, -0.1) is 0 Å². The van der Waals surface area contributed by atoms with Crippen LogP contribution in [0, 0.1) is 0 Å². The van der Waals surface area contributed by atoms with E-state index < -0.39 is 17.7 Å². The van der Waals surface area contributed by atoms with Crippen molar-refractivity contribution in [2.24, 2.45) is 0 Å². The van der Waals surface area contributed by atoms with Gasteiger partial charge in [-0.05, 0) is 67.9 Å². The van der Waals surface area contributed by atoms with Crippen molar-refractivity contribution < 1.29 is 19.4 Å². The highest BCUT2D eigenvalue weighted by atomic mass is 79.9. The maximum atomic E-state index is 13.1. The topological polar surface area (TPSA) is 79.7 Å². The van der Waals surface area contributed by atoms with Crippen LogP contribution in [0.3, 0.4) is 0 Å². The number of pyridine rings is 1. The van der Waals surface area contributed by atoms with Crippen LogP contribution in [-0.4, -0.2) is 27.9 Å². The Morgan fingerprint density at radius 1 is 1.03 bits per heavy atom. The summed E-state index contributed by atoms with van der Waals surface area (Å²) in [6, 6.07) is 18.4. The molecular formula is C25H21BrN2O4. The summed E-state index contributed by atoms with van der Waals surface area (Å²) in [6.07, 6.45) is 1.57. The first-order valence-corrected chi connectivity index (χ1v) is 10.9. The number of amides is 1. The Balaban J connectivity index is 1.85. The van der Waals surface area contributed by atoms with E-state index in [1.807, 2.05) is 38.1 Å². The van der Waals surface area contributed by atoms with Gasteiger partial charge in [-0.2, -0.15) is 0 Å². The summed E-state index contributed by atoms with van der Waals surface area (Å²) in [4.78, 5) is 31.7. The number of benzene rings is 2. The summed E-state index contributed by atoms with van der Waals surface area (Å²) in [5.74, 6) is -0.760. The fourth-order valence-electron chi connectivity index (χ4n) is 3.64. The summed E-state index contributed by atoms with van der Waals surface area (Å²) in [6.45, 7) is 3.84. The summed E-state index contributed by atoms with van der Waals surface area (Å²) >= 11 is 3.41. The Morgan fingerprint density at radius 3 is 2.31 bits per heavy atom. The van der Waals surface area contributed by atoms with Crippen LogP contribution >= 0.6 is 15.9 Å². The maximum absolute atomic E-state index is 13.1. The highest BCUT2D eigenvalue weighted by Crippen LogP contribution is 2.41. The molecule has 2 aromatic carbocycles. The second-order valence-corrected chi connectivity index (χ2v) is 8.52. The Kier molecular flexibility index (Phi) is 6.10. The summed E-state index contributed by atoms with van der Waals surface area (Å²) < 4.78 is 6.51. The molecule has 0 saturated carbocycles. The molecule has 32 heavy (non-hydrogen) atoms.